The van der Waals surface area contributed by atoms with Gasteiger partial charge in [0.15, 0.2) is 0 Å². The molecule has 0 unspecified atom stereocenters. The lowest BCUT2D eigenvalue weighted by molar-refractivity contribution is 1.38. The van der Waals surface area contributed by atoms with E-state index in [2.05, 4.69) is 76.3 Å². The minimum atomic E-state index is 1.29. The van der Waals surface area contributed by atoms with Crippen molar-refractivity contribution in [2.45, 2.75) is 27.7 Å². The van der Waals surface area contributed by atoms with Crippen LogP contribution in [0.4, 0.5) is 0 Å². The lowest BCUT2D eigenvalue weighted by Crippen LogP contribution is -1.79. The van der Waals surface area contributed by atoms with Gasteiger partial charge in [0.05, 0.1) is 0 Å². The average Bonchev–Trinajstić information content (AvgIpc) is 2.69. The Hall–Kier alpha value is -1.82. The van der Waals surface area contributed by atoms with Gasteiger partial charge in [-0.05, 0) is 56.1 Å². The molecule has 0 aromatic heterocycles. The molecule has 0 bridgehead atoms. The summed E-state index contributed by atoms with van der Waals surface area (Å²) < 4.78 is 0. The summed E-state index contributed by atoms with van der Waals surface area (Å²) in [5.74, 6) is 0. The second-order valence-corrected chi connectivity index (χ2v) is 5.16. The van der Waals surface area contributed by atoms with Gasteiger partial charge in [-0.3, -0.25) is 0 Å². The zero-order valence-electron chi connectivity index (χ0n) is 11.6. The third kappa shape index (κ3) is 2.89. The van der Waals surface area contributed by atoms with Crippen molar-refractivity contribution in [1.82, 2.24) is 0 Å². The molecule has 0 atom stereocenters. The van der Waals surface area contributed by atoms with Crippen molar-refractivity contribution in [2.24, 2.45) is 0 Å². The van der Waals surface area contributed by atoms with E-state index in [0.717, 1.165) is 0 Å². The van der Waals surface area contributed by atoms with Crippen LogP contribution in [0.1, 0.15) is 31.9 Å². The van der Waals surface area contributed by atoms with Crippen LogP contribution in [0, 0.1) is 6.92 Å². The molecule has 2 rings (SSSR count). The molecule has 0 amide bonds. The van der Waals surface area contributed by atoms with Crippen molar-refractivity contribution in [3.63, 3.8) is 0 Å². The lowest BCUT2D eigenvalue weighted by atomic mass is 10.1. The molecule has 0 heterocycles. The van der Waals surface area contributed by atoms with Gasteiger partial charge in [0.25, 0.3) is 0 Å². The van der Waals surface area contributed by atoms with Crippen LogP contribution in [-0.2, 0) is 0 Å². The SMILES string of the molecule is CC(C)=C/C=C1/C=C(c2ccc(C)cc2)C=C1C. The number of aryl methyl sites for hydroxylation is 1. The van der Waals surface area contributed by atoms with Gasteiger partial charge in [0.1, 0.15) is 0 Å². The first kappa shape index (κ1) is 12.6. The van der Waals surface area contributed by atoms with Gasteiger partial charge in [0, 0.05) is 0 Å². The van der Waals surface area contributed by atoms with Crippen LogP contribution in [-0.4, -0.2) is 0 Å². The summed E-state index contributed by atoms with van der Waals surface area (Å²) in [6.45, 7) is 8.53. The highest BCUT2D eigenvalue weighted by Crippen LogP contribution is 2.30. The van der Waals surface area contributed by atoms with Crippen molar-refractivity contribution in [1.29, 1.82) is 0 Å². The second-order valence-electron chi connectivity index (χ2n) is 5.16. The van der Waals surface area contributed by atoms with E-state index in [1.54, 1.807) is 0 Å². The summed E-state index contributed by atoms with van der Waals surface area (Å²) in [7, 11) is 0. The van der Waals surface area contributed by atoms with E-state index >= 15 is 0 Å². The lowest BCUT2D eigenvalue weighted by Gasteiger charge is -1.99. The maximum absolute atomic E-state index is 2.26. The van der Waals surface area contributed by atoms with Crippen LogP contribution in [0.15, 0.2) is 65.3 Å². The Morgan fingerprint density at radius 2 is 1.61 bits per heavy atom. The van der Waals surface area contributed by atoms with Gasteiger partial charge in [-0.1, -0.05) is 53.6 Å². The maximum atomic E-state index is 2.26. The second kappa shape index (κ2) is 5.22. The maximum Gasteiger partial charge on any atom is -0.0175 e. The summed E-state index contributed by atoms with van der Waals surface area (Å²) in [6.07, 6.45) is 8.89. The quantitative estimate of drug-likeness (QED) is 0.659. The van der Waals surface area contributed by atoms with Crippen molar-refractivity contribution in [3.05, 3.63) is 76.4 Å². The van der Waals surface area contributed by atoms with E-state index in [-0.39, 0.29) is 0 Å². The first-order valence-electron chi connectivity index (χ1n) is 6.39. The molecular weight excluding hydrogens is 216 g/mol. The highest BCUT2D eigenvalue weighted by atomic mass is 14.1. The van der Waals surface area contributed by atoms with Crippen LogP contribution in [0.3, 0.4) is 0 Å². The molecule has 0 saturated carbocycles. The first-order valence-corrected chi connectivity index (χ1v) is 6.39. The number of benzene rings is 1. The normalized spacial score (nSPS) is 16.6. The fraction of sp³-hybridized carbons (Fsp3) is 0.222. The predicted octanol–water partition coefficient (Wildman–Crippen LogP) is 5.23. The molecule has 0 saturated heterocycles. The van der Waals surface area contributed by atoms with Gasteiger partial charge in [-0.25, -0.2) is 0 Å². The molecule has 1 aliphatic carbocycles. The Morgan fingerprint density at radius 3 is 2.22 bits per heavy atom. The Bertz CT molecular complexity index is 557. The molecule has 0 nitrogen and oxygen atoms in total. The Morgan fingerprint density at radius 1 is 0.944 bits per heavy atom. The molecule has 1 aliphatic rings. The topological polar surface area (TPSA) is 0 Å². The van der Waals surface area contributed by atoms with E-state index in [1.807, 2.05) is 0 Å². The third-order valence-corrected chi connectivity index (χ3v) is 3.12. The standard InChI is InChI=1S/C18H20/c1-13(2)5-8-17-12-18(11-15(17)4)16-9-6-14(3)7-10-16/h5-12H,1-4H3/b17-8-. The van der Waals surface area contributed by atoms with Gasteiger partial charge in [-0.2, -0.15) is 0 Å². The van der Waals surface area contributed by atoms with Gasteiger partial charge in [0.2, 0.25) is 0 Å². The summed E-state index contributed by atoms with van der Waals surface area (Å²) >= 11 is 0. The van der Waals surface area contributed by atoms with E-state index in [0.29, 0.717) is 0 Å². The fourth-order valence-electron chi connectivity index (χ4n) is 1.99. The van der Waals surface area contributed by atoms with Crippen LogP contribution in [0.2, 0.25) is 0 Å². The highest BCUT2D eigenvalue weighted by Gasteiger charge is 2.09. The average molecular weight is 236 g/mol. The van der Waals surface area contributed by atoms with Gasteiger partial charge < -0.3 is 0 Å². The zero-order valence-corrected chi connectivity index (χ0v) is 11.6. The summed E-state index contributed by atoms with van der Waals surface area (Å²) in [5.41, 5.74) is 7.88. The van der Waals surface area contributed by atoms with E-state index < -0.39 is 0 Å². The Labute approximate surface area is 110 Å². The zero-order chi connectivity index (χ0) is 13.1. The Balaban J connectivity index is 2.32. The van der Waals surface area contributed by atoms with Gasteiger partial charge in [-0.15, -0.1) is 0 Å². The van der Waals surface area contributed by atoms with Crippen molar-refractivity contribution < 1.29 is 0 Å². The smallest absolute Gasteiger partial charge is 0.0175 e. The van der Waals surface area contributed by atoms with E-state index in [1.165, 1.54) is 33.4 Å². The fourth-order valence-corrected chi connectivity index (χ4v) is 1.99. The largest absolute Gasteiger partial charge is 0.0764 e. The number of allylic oxidation sites excluding steroid dienone is 8. The van der Waals surface area contributed by atoms with E-state index in [4.69, 9.17) is 0 Å². The summed E-state index contributed by atoms with van der Waals surface area (Å²) in [6, 6.07) is 8.71. The third-order valence-electron chi connectivity index (χ3n) is 3.12. The minimum absolute atomic E-state index is 1.29. The summed E-state index contributed by atoms with van der Waals surface area (Å²) in [5, 5.41) is 0. The van der Waals surface area contributed by atoms with Crippen molar-refractivity contribution >= 4 is 5.57 Å². The van der Waals surface area contributed by atoms with Crippen LogP contribution < -0.4 is 0 Å². The van der Waals surface area contributed by atoms with Crippen molar-refractivity contribution in [2.75, 3.05) is 0 Å². The van der Waals surface area contributed by atoms with E-state index in [9.17, 15) is 0 Å². The molecule has 18 heavy (non-hydrogen) atoms. The minimum Gasteiger partial charge on any atom is -0.0764 e. The molecule has 1 aromatic rings. The summed E-state index contributed by atoms with van der Waals surface area (Å²) in [4.78, 5) is 0. The molecule has 92 valence electrons. The number of rotatable bonds is 2. The molecule has 1 aromatic carbocycles. The molecule has 0 radical (unpaired) electrons. The molecule has 0 spiro atoms. The molecule has 0 fully saturated rings. The highest BCUT2D eigenvalue weighted by molar-refractivity contribution is 5.83. The van der Waals surface area contributed by atoms with Crippen LogP contribution >= 0.6 is 0 Å². The molecular formula is C18H20. The van der Waals surface area contributed by atoms with Gasteiger partial charge >= 0.3 is 0 Å². The monoisotopic (exact) mass is 236 g/mol. The first-order chi connectivity index (χ1) is 8.56. The van der Waals surface area contributed by atoms with Crippen LogP contribution in [0.5, 0.6) is 0 Å². The Kier molecular flexibility index (Phi) is 3.66. The number of hydrogen-bond acceptors (Lipinski definition) is 0. The van der Waals surface area contributed by atoms with Crippen molar-refractivity contribution in [3.8, 4) is 0 Å². The molecule has 0 heteroatoms. The molecule has 0 N–H and O–H groups in total. The number of hydrogen-bond donors (Lipinski definition) is 0. The molecule has 0 aliphatic heterocycles. The predicted molar refractivity (Wildman–Crippen MR) is 80.4 cm³/mol. The van der Waals surface area contributed by atoms with Crippen LogP contribution in [0.25, 0.3) is 5.57 Å².